The molecule has 0 N–H and O–H groups in total. The molecule has 0 aromatic carbocycles. The van der Waals surface area contributed by atoms with E-state index in [4.69, 9.17) is 0 Å². The minimum Gasteiger partial charge on any atom is -0.324 e. The van der Waals surface area contributed by atoms with E-state index in [1.54, 1.807) is 0 Å². The minimum atomic E-state index is 1.37. The maximum atomic E-state index is 2.31. The van der Waals surface area contributed by atoms with E-state index in [0.717, 1.165) is 0 Å². The van der Waals surface area contributed by atoms with Crippen molar-refractivity contribution >= 4 is 0 Å². The highest BCUT2D eigenvalue weighted by Crippen LogP contribution is 2.23. The number of hydrogen-bond acceptors (Lipinski definition) is 0. The van der Waals surface area contributed by atoms with Crippen LogP contribution in [0.3, 0.4) is 0 Å². The molecule has 1 heteroatoms. The third-order valence-electron chi connectivity index (χ3n) is 8.24. The average molecular weight is 451 g/mol. The van der Waals surface area contributed by atoms with E-state index in [9.17, 15) is 0 Å². The van der Waals surface area contributed by atoms with Crippen molar-refractivity contribution in [2.24, 2.45) is 0 Å². The summed E-state index contributed by atoms with van der Waals surface area (Å²) in [5, 5.41) is 0. The molecule has 0 aromatic heterocycles. The number of unbranched alkanes of at least 4 members (excludes halogenated alkanes) is 21. The van der Waals surface area contributed by atoms with Crippen LogP contribution < -0.4 is 0 Å². The Balaban J connectivity index is 1.91. The van der Waals surface area contributed by atoms with E-state index < -0.39 is 0 Å². The molecule has 0 aromatic rings. The molecule has 1 nitrogen and oxygen atoms in total. The first-order chi connectivity index (χ1) is 15.8. The highest BCUT2D eigenvalue weighted by atomic mass is 15.4. The van der Waals surface area contributed by atoms with Gasteiger partial charge in [0.25, 0.3) is 0 Å². The lowest BCUT2D eigenvalue weighted by atomic mass is 10.0. The molecule has 1 aliphatic heterocycles. The van der Waals surface area contributed by atoms with E-state index in [1.165, 1.54) is 191 Å². The Bertz CT molecular complexity index is 357. The SMILES string of the molecule is CCCCCCCCCCCCCCC[N+]1(CCCCCCCCCCCC)CCCC1. The Morgan fingerprint density at radius 3 is 0.875 bits per heavy atom. The fourth-order valence-electron chi connectivity index (χ4n) is 5.96. The first-order valence-electron chi connectivity index (χ1n) is 15.7. The lowest BCUT2D eigenvalue weighted by Gasteiger charge is -2.34. The molecule has 0 aliphatic carbocycles. The van der Waals surface area contributed by atoms with Gasteiger partial charge in [-0.05, 0) is 25.7 Å². The van der Waals surface area contributed by atoms with Crippen molar-refractivity contribution < 1.29 is 4.48 Å². The maximum absolute atomic E-state index is 2.31. The summed E-state index contributed by atoms with van der Waals surface area (Å²) in [6.07, 6.45) is 36.9. The highest BCUT2D eigenvalue weighted by molar-refractivity contribution is 4.58. The normalized spacial score (nSPS) is 15.6. The minimum absolute atomic E-state index is 1.37. The van der Waals surface area contributed by atoms with Crippen molar-refractivity contribution in [3.05, 3.63) is 0 Å². The van der Waals surface area contributed by atoms with Gasteiger partial charge in [0.05, 0.1) is 26.2 Å². The van der Waals surface area contributed by atoms with Crippen molar-refractivity contribution in [1.82, 2.24) is 0 Å². The van der Waals surface area contributed by atoms with Crippen molar-refractivity contribution in [3.8, 4) is 0 Å². The summed E-state index contributed by atoms with van der Waals surface area (Å²) in [6, 6.07) is 0. The van der Waals surface area contributed by atoms with Crippen LogP contribution in [0.5, 0.6) is 0 Å². The van der Waals surface area contributed by atoms with Crippen LogP contribution in [-0.2, 0) is 0 Å². The van der Waals surface area contributed by atoms with Gasteiger partial charge in [0.2, 0.25) is 0 Å². The summed E-state index contributed by atoms with van der Waals surface area (Å²) in [7, 11) is 0. The number of likely N-dealkylation sites (tertiary alicyclic amines) is 1. The summed E-state index contributed by atoms with van der Waals surface area (Å²) in [4.78, 5) is 0. The monoisotopic (exact) mass is 451 g/mol. The fraction of sp³-hybridized carbons (Fsp3) is 1.00. The molecule has 1 aliphatic rings. The second-order valence-corrected chi connectivity index (χ2v) is 11.4. The van der Waals surface area contributed by atoms with Crippen molar-refractivity contribution in [2.45, 2.75) is 174 Å². The van der Waals surface area contributed by atoms with Crippen LogP contribution >= 0.6 is 0 Å². The molecule has 0 atom stereocenters. The maximum Gasteiger partial charge on any atom is 0.0788 e. The van der Waals surface area contributed by atoms with E-state index in [0.29, 0.717) is 0 Å². The predicted molar refractivity (Wildman–Crippen MR) is 147 cm³/mol. The predicted octanol–water partition coefficient (Wildman–Crippen LogP) is 10.6. The summed E-state index contributed by atoms with van der Waals surface area (Å²) in [6.45, 7) is 10.6. The zero-order valence-corrected chi connectivity index (χ0v) is 23.0. The summed E-state index contributed by atoms with van der Waals surface area (Å²) < 4.78 is 1.50. The Hall–Kier alpha value is -0.0400. The third-order valence-corrected chi connectivity index (χ3v) is 8.24. The average Bonchev–Trinajstić information content (AvgIpc) is 3.27. The molecule has 1 heterocycles. The Labute approximate surface area is 205 Å². The molecular weight excluding hydrogens is 386 g/mol. The van der Waals surface area contributed by atoms with Crippen molar-refractivity contribution in [2.75, 3.05) is 26.2 Å². The first kappa shape index (κ1) is 30.0. The van der Waals surface area contributed by atoms with Crippen LogP contribution in [0, 0.1) is 0 Å². The second kappa shape index (κ2) is 22.7. The molecule has 1 fully saturated rings. The zero-order chi connectivity index (χ0) is 23.0. The van der Waals surface area contributed by atoms with Gasteiger partial charge >= 0.3 is 0 Å². The Kier molecular flexibility index (Phi) is 21.3. The number of quaternary nitrogens is 1. The van der Waals surface area contributed by atoms with Gasteiger partial charge in [-0.15, -0.1) is 0 Å². The molecule has 0 radical (unpaired) electrons. The van der Waals surface area contributed by atoms with Gasteiger partial charge in [-0.25, -0.2) is 0 Å². The first-order valence-corrected chi connectivity index (χ1v) is 15.7. The molecule has 0 spiro atoms. The molecule has 0 amide bonds. The molecule has 32 heavy (non-hydrogen) atoms. The van der Waals surface area contributed by atoms with E-state index in [2.05, 4.69) is 13.8 Å². The zero-order valence-electron chi connectivity index (χ0n) is 23.0. The van der Waals surface area contributed by atoms with Crippen LogP contribution in [0.25, 0.3) is 0 Å². The summed E-state index contributed by atoms with van der Waals surface area (Å²) in [5.74, 6) is 0. The fourth-order valence-corrected chi connectivity index (χ4v) is 5.96. The van der Waals surface area contributed by atoms with Crippen molar-refractivity contribution in [3.63, 3.8) is 0 Å². The second-order valence-electron chi connectivity index (χ2n) is 11.4. The van der Waals surface area contributed by atoms with E-state index in [1.807, 2.05) is 0 Å². The molecule has 0 saturated carbocycles. The molecule has 0 bridgehead atoms. The van der Waals surface area contributed by atoms with Gasteiger partial charge < -0.3 is 4.48 Å². The van der Waals surface area contributed by atoms with Crippen LogP contribution in [0.4, 0.5) is 0 Å². The lowest BCUT2D eigenvalue weighted by Crippen LogP contribution is -2.46. The Morgan fingerprint density at radius 1 is 0.344 bits per heavy atom. The van der Waals surface area contributed by atoms with Gasteiger partial charge in [0, 0.05) is 12.8 Å². The van der Waals surface area contributed by atoms with Crippen LogP contribution in [-0.4, -0.2) is 30.7 Å². The van der Waals surface area contributed by atoms with Gasteiger partial charge in [0.15, 0.2) is 0 Å². The summed E-state index contributed by atoms with van der Waals surface area (Å²) >= 11 is 0. The van der Waals surface area contributed by atoms with Crippen molar-refractivity contribution in [1.29, 1.82) is 0 Å². The van der Waals surface area contributed by atoms with Crippen LogP contribution in [0.2, 0.25) is 0 Å². The number of hydrogen-bond donors (Lipinski definition) is 0. The largest absolute Gasteiger partial charge is 0.324 e. The molecule has 1 rings (SSSR count). The Morgan fingerprint density at radius 2 is 0.594 bits per heavy atom. The molecule has 0 unspecified atom stereocenters. The summed E-state index contributed by atoms with van der Waals surface area (Å²) in [5.41, 5.74) is 0. The van der Waals surface area contributed by atoms with Crippen LogP contribution in [0.1, 0.15) is 174 Å². The van der Waals surface area contributed by atoms with Gasteiger partial charge in [-0.2, -0.15) is 0 Å². The van der Waals surface area contributed by atoms with E-state index >= 15 is 0 Å². The van der Waals surface area contributed by atoms with Gasteiger partial charge in [0.1, 0.15) is 0 Å². The third kappa shape index (κ3) is 17.4. The van der Waals surface area contributed by atoms with Crippen LogP contribution in [0.15, 0.2) is 0 Å². The smallest absolute Gasteiger partial charge is 0.0788 e. The topological polar surface area (TPSA) is 0 Å². The molecular formula is C31H64N+. The van der Waals surface area contributed by atoms with Gasteiger partial charge in [-0.1, -0.05) is 136 Å². The number of rotatable bonds is 25. The number of nitrogens with zero attached hydrogens (tertiary/aromatic N) is 1. The van der Waals surface area contributed by atoms with Gasteiger partial charge in [-0.3, -0.25) is 0 Å². The standard InChI is InChI=1S/C31H64N/c1-3-5-7-9-11-13-15-16-17-19-21-23-25-29-32(30-26-27-31-32)28-24-22-20-18-14-12-10-8-6-4-2/h3-31H2,1-2H3/q+1. The highest BCUT2D eigenvalue weighted by Gasteiger charge is 2.30. The van der Waals surface area contributed by atoms with E-state index in [-0.39, 0.29) is 0 Å². The molecule has 1 saturated heterocycles. The molecule has 192 valence electrons. The lowest BCUT2D eigenvalue weighted by molar-refractivity contribution is -0.917. The quantitative estimate of drug-likeness (QED) is 0.0958.